The Morgan fingerprint density at radius 1 is 1.28 bits per heavy atom. The summed E-state index contributed by atoms with van der Waals surface area (Å²) in [4.78, 5) is 0. The van der Waals surface area contributed by atoms with Gasteiger partial charge < -0.3 is 15.6 Å². The molecule has 0 amide bonds. The van der Waals surface area contributed by atoms with E-state index in [-0.39, 0.29) is 11.6 Å². The molecule has 18 heavy (non-hydrogen) atoms. The van der Waals surface area contributed by atoms with Gasteiger partial charge in [-0.15, -0.1) is 0 Å². The molecule has 98 valence electrons. The summed E-state index contributed by atoms with van der Waals surface area (Å²) in [7, 11) is 0. The molecule has 2 atom stereocenters. The maximum Gasteiger partial charge on any atom is 0.127 e. The molecular formula is C15H21NO2. The average molecular weight is 247 g/mol. The maximum absolute atomic E-state index is 10.5. The van der Waals surface area contributed by atoms with Crippen LogP contribution in [0.3, 0.4) is 0 Å². The van der Waals surface area contributed by atoms with E-state index in [2.05, 4.69) is 0 Å². The summed E-state index contributed by atoms with van der Waals surface area (Å²) < 4.78 is 6.21. The Bertz CT molecular complexity index is 452. The highest BCUT2D eigenvalue weighted by Gasteiger charge is 2.47. The molecule has 3 rings (SSSR count). The molecule has 3 nitrogen and oxygen atoms in total. The molecule has 1 aromatic carbocycles. The van der Waals surface area contributed by atoms with E-state index in [1.54, 1.807) is 0 Å². The maximum atomic E-state index is 10.5. The van der Waals surface area contributed by atoms with Crippen molar-refractivity contribution in [3.63, 3.8) is 0 Å². The zero-order chi connectivity index (χ0) is 12.8. The van der Waals surface area contributed by atoms with Crippen molar-refractivity contribution >= 4 is 0 Å². The Morgan fingerprint density at radius 3 is 2.72 bits per heavy atom. The average Bonchev–Trinajstić information content (AvgIpc) is 2.39. The summed E-state index contributed by atoms with van der Waals surface area (Å²) in [6, 6.07) is 5.66. The number of hydrogen-bond acceptors (Lipinski definition) is 3. The first kappa shape index (κ1) is 12.0. The first-order valence-corrected chi connectivity index (χ1v) is 6.86. The van der Waals surface area contributed by atoms with E-state index in [1.807, 2.05) is 25.1 Å². The Kier molecular flexibility index (Phi) is 2.83. The predicted octanol–water partition coefficient (Wildman–Crippen LogP) is 2.45. The fourth-order valence-electron chi connectivity index (χ4n) is 3.35. The lowest BCUT2D eigenvalue weighted by atomic mass is 9.74. The van der Waals surface area contributed by atoms with Crippen LogP contribution in [0.2, 0.25) is 0 Å². The molecule has 1 aliphatic heterocycles. The van der Waals surface area contributed by atoms with Gasteiger partial charge in [-0.1, -0.05) is 18.1 Å². The number of aliphatic hydroxyl groups is 1. The van der Waals surface area contributed by atoms with Gasteiger partial charge in [0, 0.05) is 5.56 Å². The lowest BCUT2D eigenvalue weighted by Gasteiger charge is -2.47. The third-order valence-corrected chi connectivity index (χ3v) is 4.44. The van der Waals surface area contributed by atoms with Crippen LogP contribution in [0.15, 0.2) is 18.2 Å². The van der Waals surface area contributed by atoms with Gasteiger partial charge in [0.15, 0.2) is 0 Å². The number of nitrogens with two attached hydrogens (primary N) is 1. The standard InChI is InChI=1S/C15H21NO2/c1-10-5-6-12-11(9-10)13(17)14(16)15(18-12)7-3-2-4-8-15/h5-6,9,13-14,17H,2-4,7-8,16H2,1H3. The van der Waals surface area contributed by atoms with Crippen molar-refractivity contribution < 1.29 is 9.84 Å². The minimum atomic E-state index is -0.605. The van der Waals surface area contributed by atoms with Crippen molar-refractivity contribution in [3.05, 3.63) is 29.3 Å². The second-order valence-corrected chi connectivity index (χ2v) is 5.74. The van der Waals surface area contributed by atoms with Gasteiger partial charge >= 0.3 is 0 Å². The molecule has 0 bridgehead atoms. The second-order valence-electron chi connectivity index (χ2n) is 5.74. The van der Waals surface area contributed by atoms with E-state index in [9.17, 15) is 5.11 Å². The Labute approximate surface area is 108 Å². The highest BCUT2D eigenvalue weighted by molar-refractivity contribution is 5.42. The number of aryl methyl sites for hydroxylation is 1. The van der Waals surface area contributed by atoms with Crippen LogP contribution in [0, 0.1) is 6.92 Å². The third kappa shape index (κ3) is 1.73. The zero-order valence-electron chi connectivity index (χ0n) is 10.9. The Balaban J connectivity index is 2.01. The van der Waals surface area contributed by atoms with E-state index >= 15 is 0 Å². The molecule has 1 heterocycles. The predicted molar refractivity (Wildman–Crippen MR) is 70.6 cm³/mol. The van der Waals surface area contributed by atoms with Crippen molar-refractivity contribution in [2.45, 2.75) is 56.8 Å². The normalized spacial score (nSPS) is 29.7. The first-order valence-electron chi connectivity index (χ1n) is 6.86. The fraction of sp³-hybridized carbons (Fsp3) is 0.600. The number of ether oxygens (including phenoxy) is 1. The third-order valence-electron chi connectivity index (χ3n) is 4.44. The van der Waals surface area contributed by atoms with Crippen LogP contribution in [0.4, 0.5) is 0 Å². The Hall–Kier alpha value is -1.06. The molecule has 1 aliphatic carbocycles. The highest BCUT2D eigenvalue weighted by atomic mass is 16.5. The van der Waals surface area contributed by atoms with Crippen molar-refractivity contribution in [3.8, 4) is 5.75 Å². The molecule has 1 spiro atoms. The fourth-order valence-corrected chi connectivity index (χ4v) is 3.35. The van der Waals surface area contributed by atoms with Gasteiger partial charge in [-0.25, -0.2) is 0 Å². The first-order chi connectivity index (χ1) is 8.62. The summed E-state index contributed by atoms with van der Waals surface area (Å²) in [6.45, 7) is 2.02. The highest BCUT2D eigenvalue weighted by Crippen LogP contribution is 2.45. The van der Waals surface area contributed by atoms with Crippen molar-refractivity contribution in [2.75, 3.05) is 0 Å². The van der Waals surface area contributed by atoms with E-state index in [0.29, 0.717) is 0 Å². The van der Waals surface area contributed by atoms with Gasteiger partial charge in [0.25, 0.3) is 0 Å². The van der Waals surface area contributed by atoms with Crippen LogP contribution >= 0.6 is 0 Å². The lowest BCUT2D eigenvalue weighted by Crippen LogP contribution is -2.58. The van der Waals surface area contributed by atoms with Crippen LogP contribution in [-0.2, 0) is 0 Å². The summed E-state index contributed by atoms with van der Waals surface area (Å²) >= 11 is 0. The van der Waals surface area contributed by atoms with Crippen LogP contribution < -0.4 is 10.5 Å². The number of fused-ring (bicyclic) bond motifs is 1. The minimum Gasteiger partial charge on any atom is -0.485 e. The second kappa shape index (κ2) is 4.25. The molecule has 1 aromatic rings. The van der Waals surface area contributed by atoms with Crippen LogP contribution in [0.1, 0.15) is 49.3 Å². The van der Waals surface area contributed by atoms with E-state index in [4.69, 9.17) is 10.5 Å². The van der Waals surface area contributed by atoms with Gasteiger partial charge in [0.05, 0.1) is 6.04 Å². The van der Waals surface area contributed by atoms with Gasteiger partial charge in [-0.05, 0) is 44.7 Å². The molecule has 3 heteroatoms. The number of aliphatic hydroxyl groups excluding tert-OH is 1. The molecule has 1 fully saturated rings. The monoisotopic (exact) mass is 247 g/mol. The molecular weight excluding hydrogens is 226 g/mol. The van der Waals surface area contributed by atoms with Gasteiger partial charge in [-0.2, -0.15) is 0 Å². The smallest absolute Gasteiger partial charge is 0.127 e. The zero-order valence-corrected chi connectivity index (χ0v) is 10.9. The van der Waals surface area contributed by atoms with Gasteiger partial charge in [0.2, 0.25) is 0 Å². The van der Waals surface area contributed by atoms with Crippen LogP contribution in [0.5, 0.6) is 5.75 Å². The van der Waals surface area contributed by atoms with Crippen LogP contribution in [0.25, 0.3) is 0 Å². The number of rotatable bonds is 0. The van der Waals surface area contributed by atoms with E-state index in [0.717, 1.165) is 42.6 Å². The number of hydrogen-bond donors (Lipinski definition) is 2. The summed E-state index contributed by atoms with van der Waals surface area (Å²) in [5.74, 6) is 0.816. The van der Waals surface area contributed by atoms with E-state index in [1.165, 1.54) is 6.42 Å². The van der Waals surface area contributed by atoms with Crippen molar-refractivity contribution in [1.82, 2.24) is 0 Å². The molecule has 0 radical (unpaired) electrons. The molecule has 1 saturated carbocycles. The molecule has 2 aliphatic rings. The molecule has 0 saturated heterocycles. The lowest BCUT2D eigenvalue weighted by molar-refractivity contribution is -0.0582. The molecule has 3 N–H and O–H groups in total. The Morgan fingerprint density at radius 2 is 2.00 bits per heavy atom. The molecule has 0 aromatic heterocycles. The van der Waals surface area contributed by atoms with Crippen molar-refractivity contribution in [2.24, 2.45) is 5.73 Å². The summed E-state index contributed by atoms with van der Waals surface area (Å²) in [5.41, 5.74) is 7.90. The minimum absolute atomic E-state index is 0.313. The molecule has 2 unspecified atom stereocenters. The number of benzene rings is 1. The van der Waals surface area contributed by atoms with Gasteiger partial charge in [-0.3, -0.25) is 0 Å². The van der Waals surface area contributed by atoms with Gasteiger partial charge in [0.1, 0.15) is 17.5 Å². The summed E-state index contributed by atoms with van der Waals surface area (Å²) in [5, 5.41) is 10.5. The topological polar surface area (TPSA) is 55.5 Å². The summed E-state index contributed by atoms with van der Waals surface area (Å²) in [6.07, 6.45) is 4.83. The SMILES string of the molecule is Cc1ccc2c(c1)C(O)C(N)C1(CCCCC1)O2. The largest absolute Gasteiger partial charge is 0.485 e. The van der Waals surface area contributed by atoms with Crippen molar-refractivity contribution in [1.29, 1.82) is 0 Å². The quantitative estimate of drug-likeness (QED) is 0.740. The van der Waals surface area contributed by atoms with Crippen LogP contribution in [-0.4, -0.2) is 16.7 Å². The van der Waals surface area contributed by atoms with E-state index < -0.39 is 6.10 Å².